The van der Waals surface area contributed by atoms with Crippen molar-refractivity contribution in [2.24, 2.45) is 0 Å². The van der Waals surface area contributed by atoms with Crippen LogP contribution in [0, 0.1) is 0 Å². The van der Waals surface area contributed by atoms with Crippen LogP contribution >= 0.6 is 0 Å². The second-order valence-corrected chi connectivity index (χ2v) is 5.30. The predicted octanol–water partition coefficient (Wildman–Crippen LogP) is 1.50. The molecule has 3 atom stereocenters. The van der Waals surface area contributed by atoms with Gasteiger partial charge < -0.3 is 14.8 Å². The number of hydrogen-bond donors (Lipinski definition) is 1. The van der Waals surface area contributed by atoms with E-state index in [1.165, 1.54) is 6.42 Å². The highest BCUT2D eigenvalue weighted by Gasteiger charge is 2.28. The molecule has 1 heterocycles. The van der Waals surface area contributed by atoms with Crippen LogP contribution in [0.5, 0.6) is 0 Å². The normalized spacial score (nSPS) is 27.3. The van der Waals surface area contributed by atoms with Crippen molar-refractivity contribution in [2.75, 3.05) is 40.0 Å². The van der Waals surface area contributed by atoms with Crippen LogP contribution in [-0.2, 0) is 9.47 Å². The molecule has 0 aromatic carbocycles. The molecular formula is C14H30N2O2. The van der Waals surface area contributed by atoms with Gasteiger partial charge in [0.1, 0.15) is 0 Å². The van der Waals surface area contributed by atoms with E-state index in [9.17, 15) is 0 Å². The lowest BCUT2D eigenvalue weighted by atomic mass is 10.1. The molecule has 0 aliphatic carbocycles. The zero-order valence-electron chi connectivity index (χ0n) is 12.4. The first kappa shape index (κ1) is 15.9. The Kier molecular flexibility index (Phi) is 7.82. The molecule has 1 aliphatic heterocycles. The predicted molar refractivity (Wildman–Crippen MR) is 75.0 cm³/mol. The van der Waals surface area contributed by atoms with Crippen molar-refractivity contribution in [3.8, 4) is 0 Å². The van der Waals surface area contributed by atoms with E-state index in [4.69, 9.17) is 9.47 Å². The Morgan fingerprint density at radius 2 is 2.28 bits per heavy atom. The fourth-order valence-electron chi connectivity index (χ4n) is 2.53. The third-order valence-electron chi connectivity index (χ3n) is 3.69. The standard InChI is InChI=1S/C14H30N2O2/c1-5-14-11-18-13(3)10-16(14)12(2)9-15-7-6-8-17-4/h12-15H,5-11H2,1-4H3. The van der Waals surface area contributed by atoms with E-state index in [2.05, 4.69) is 31.0 Å². The maximum absolute atomic E-state index is 5.74. The average molecular weight is 258 g/mol. The summed E-state index contributed by atoms with van der Waals surface area (Å²) in [5.41, 5.74) is 0. The summed E-state index contributed by atoms with van der Waals surface area (Å²) in [5, 5.41) is 3.51. The summed E-state index contributed by atoms with van der Waals surface area (Å²) in [7, 11) is 1.75. The Morgan fingerprint density at radius 1 is 1.50 bits per heavy atom. The summed E-state index contributed by atoms with van der Waals surface area (Å²) >= 11 is 0. The molecule has 0 aromatic heterocycles. The lowest BCUT2D eigenvalue weighted by molar-refractivity contribution is -0.0694. The molecule has 0 spiro atoms. The quantitative estimate of drug-likeness (QED) is 0.669. The molecular weight excluding hydrogens is 228 g/mol. The van der Waals surface area contributed by atoms with Crippen LogP contribution in [0.1, 0.15) is 33.6 Å². The molecule has 1 rings (SSSR count). The summed E-state index contributed by atoms with van der Waals surface area (Å²) in [4.78, 5) is 2.59. The maximum Gasteiger partial charge on any atom is 0.0674 e. The number of rotatable bonds is 8. The number of nitrogens with zero attached hydrogens (tertiary/aromatic N) is 1. The van der Waals surface area contributed by atoms with Crippen LogP contribution in [0.15, 0.2) is 0 Å². The molecule has 1 aliphatic rings. The fraction of sp³-hybridized carbons (Fsp3) is 1.00. The molecule has 1 saturated heterocycles. The van der Waals surface area contributed by atoms with Crippen molar-refractivity contribution in [1.82, 2.24) is 10.2 Å². The highest BCUT2D eigenvalue weighted by atomic mass is 16.5. The van der Waals surface area contributed by atoms with Gasteiger partial charge >= 0.3 is 0 Å². The lowest BCUT2D eigenvalue weighted by Crippen LogP contribution is -2.54. The second kappa shape index (κ2) is 8.86. The third-order valence-corrected chi connectivity index (χ3v) is 3.69. The van der Waals surface area contributed by atoms with Crippen LogP contribution in [-0.4, -0.2) is 63.0 Å². The number of nitrogens with one attached hydrogen (secondary N) is 1. The minimum absolute atomic E-state index is 0.365. The van der Waals surface area contributed by atoms with Crippen LogP contribution in [0.2, 0.25) is 0 Å². The average Bonchev–Trinajstić information content (AvgIpc) is 2.38. The van der Waals surface area contributed by atoms with Crippen LogP contribution in [0.3, 0.4) is 0 Å². The number of hydrogen-bond acceptors (Lipinski definition) is 4. The molecule has 108 valence electrons. The van der Waals surface area contributed by atoms with E-state index in [0.29, 0.717) is 18.2 Å². The van der Waals surface area contributed by atoms with E-state index in [-0.39, 0.29) is 0 Å². The highest BCUT2D eigenvalue weighted by molar-refractivity contribution is 4.82. The number of morpholine rings is 1. The molecule has 0 radical (unpaired) electrons. The molecule has 4 heteroatoms. The van der Waals surface area contributed by atoms with Crippen molar-refractivity contribution >= 4 is 0 Å². The molecule has 1 fully saturated rings. The van der Waals surface area contributed by atoms with E-state index in [1.54, 1.807) is 7.11 Å². The summed E-state index contributed by atoms with van der Waals surface area (Å²) in [6.45, 7) is 11.6. The van der Waals surface area contributed by atoms with Gasteiger partial charge in [-0.2, -0.15) is 0 Å². The third kappa shape index (κ3) is 5.22. The van der Waals surface area contributed by atoms with E-state index in [1.807, 2.05) is 0 Å². The van der Waals surface area contributed by atoms with Gasteiger partial charge in [-0.25, -0.2) is 0 Å². The van der Waals surface area contributed by atoms with Gasteiger partial charge in [0.2, 0.25) is 0 Å². The van der Waals surface area contributed by atoms with Gasteiger partial charge in [0, 0.05) is 38.9 Å². The van der Waals surface area contributed by atoms with Crippen molar-refractivity contribution in [1.29, 1.82) is 0 Å². The smallest absolute Gasteiger partial charge is 0.0674 e. The van der Waals surface area contributed by atoms with Gasteiger partial charge in [-0.3, -0.25) is 4.90 Å². The Balaban J connectivity index is 2.26. The van der Waals surface area contributed by atoms with Gasteiger partial charge in [-0.05, 0) is 33.2 Å². The zero-order chi connectivity index (χ0) is 13.4. The molecule has 1 N–H and O–H groups in total. The first-order chi connectivity index (χ1) is 8.69. The van der Waals surface area contributed by atoms with E-state index >= 15 is 0 Å². The summed E-state index contributed by atoms with van der Waals surface area (Å²) < 4.78 is 10.8. The van der Waals surface area contributed by atoms with Crippen LogP contribution in [0.4, 0.5) is 0 Å². The first-order valence-corrected chi connectivity index (χ1v) is 7.26. The van der Waals surface area contributed by atoms with Gasteiger partial charge in [-0.1, -0.05) is 6.92 Å². The van der Waals surface area contributed by atoms with E-state index < -0.39 is 0 Å². The molecule has 18 heavy (non-hydrogen) atoms. The van der Waals surface area contributed by atoms with E-state index in [0.717, 1.165) is 39.3 Å². The van der Waals surface area contributed by atoms with Crippen LogP contribution < -0.4 is 5.32 Å². The zero-order valence-corrected chi connectivity index (χ0v) is 12.4. The first-order valence-electron chi connectivity index (χ1n) is 7.26. The topological polar surface area (TPSA) is 33.7 Å². The molecule has 0 aromatic rings. The van der Waals surface area contributed by atoms with Crippen molar-refractivity contribution < 1.29 is 9.47 Å². The van der Waals surface area contributed by atoms with Gasteiger partial charge in [-0.15, -0.1) is 0 Å². The van der Waals surface area contributed by atoms with Crippen molar-refractivity contribution in [2.45, 2.75) is 51.8 Å². The maximum atomic E-state index is 5.74. The Bertz CT molecular complexity index is 214. The number of methoxy groups -OCH3 is 1. The van der Waals surface area contributed by atoms with Crippen molar-refractivity contribution in [3.05, 3.63) is 0 Å². The summed E-state index contributed by atoms with van der Waals surface area (Å²) in [6.07, 6.45) is 2.62. The fourth-order valence-corrected chi connectivity index (χ4v) is 2.53. The minimum Gasteiger partial charge on any atom is -0.385 e. The molecule has 0 amide bonds. The second-order valence-electron chi connectivity index (χ2n) is 5.30. The SMILES string of the molecule is CCC1COC(C)CN1C(C)CNCCCOC. The molecule has 0 bridgehead atoms. The van der Waals surface area contributed by atoms with Crippen LogP contribution in [0.25, 0.3) is 0 Å². The summed E-state index contributed by atoms with van der Waals surface area (Å²) in [5.74, 6) is 0. The Labute approximate surface area is 112 Å². The monoisotopic (exact) mass is 258 g/mol. The highest BCUT2D eigenvalue weighted by Crippen LogP contribution is 2.17. The lowest BCUT2D eigenvalue weighted by Gasteiger charge is -2.42. The Hall–Kier alpha value is -0.160. The van der Waals surface area contributed by atoms with Crippen molar-refractivity contribution in [3.63, 3.8) is 0 Å². The van der Waals surface area contributed by atoms with Gasteiger partial charge in [0.05, 0.1) is 12.7 Å². The number of ether oxygens (including phenoxy) is 2. The van der Waals surface area contributed by atoms with Gasteiger partial charge in [0.15, 0.2) is 0 Å². The molecule has 0 saturated carbocycles. The largest absolute Gasteiger partial charge is 0.385 e. The molecule has 4 nitrogen and oxygen atoms in total. The summed E-state index contributed by atoms with van der Waals surface area (Å²) in [6, 6.07) is 1.15. The Morgan fingerprint density at radius 3 is 2.94 bits per heavy atom. The molecule has 3 unspecified atom stereocenters. The van der Waals surface area contributed by atoms with Gasteiger partial charge in [0.25, 0.3) is 0 Å². The minimum atomic E-state index is 0.365.